The highest BCUT2D eigenvalue weighted by atomic mass is 35.5. The smallest absolute Gasteiger partial charge is 0.177 e. The molecule has 1 aromatic rings. The number of Topliss-reactive ketones (excluding diaryl/α,β-unsaturated/α-hetero) is 1. The lowest BCUT2D eigenvalue weighted by molar-refractivity contribution is 0.0988. The lowest BCUT2D eigenvalue weighted by Gasteiger charge is -2.08. The van der Waals surface area contributed by atoms with Gasteiger partial charge in [0.25, 0.3) is 0 Å². The number of rotatable bonds is 2. The minimum absolute atomic E-state index is 0.0377. The van der Waals surface area contributed by atoms with Gasteiger partial charge in [0, 0.05) is 5.56 Å². The van der Waals surface area contributed by atoms with Gasteiger partial charge in [-0.15, -0.1) is 0 Å². The lowest BCUT2D eigenvalue weighted by atomic mass is 10.1. The zero-order chi connectivity index (χ0) is 10.8. The number of thioether (sulfide) groups is 1. The number of benzene rings is 1. The Kier molecular flexibility index (Phi) is 3.32. The molecule has 1 unspecified atom stereocenters. The topological polar surface area (TPSA) is 17.1 Å². The van der Waals surface area contributed by atoms with Crippen molar-refractivity contribution in [1.29, 1.82) is 0 Å². The van der Waals surface area contributed by atoms with Gasteiger partial charge in [-0.05, 0) is 36.8 Å². The second kappa shape index (κ2) is 4.54. The second-order valence-electron chi connectivity index (χ2n) is 3.49. The average molecular weight is 245 g/mol. The Morgan fingerprint density at radius 1 is 1.53 bits per heavy atom. The van der Waals surface area contributed by atoms with E-state index >= 15 is 0 Å². The molecule has 0 aliphatic carbocycles. The van der Waals surface area contributed by atoms with Crippen LogP contribution in [-0.4, -0.2) is 16.8 Å². The highest BCUT2D eigenvalue weighted by molar-refractivity contribution is 8.00. The number of hydrogen-bond acceptors (Lipinski definition) is 2. The monoisotopic (exact) mass is 244 g/mol. The third kappa shape index (κ3) is 2.34. The van der Waals surface area contributed by atoms with Crippen LogP contribution < -0.4 is 0 Å². The summed E-state index contributed by atoms with van der Waals surface area (Å²) in [7, 11) is 0. The molecule has 1 aliphatic heterocycles. The van der Waals surface area contributed by atoms with Crippen LogP contribution in [0, 0.1) is 5.82 Å². The van der Waals surface area contributed by atoms with Crippen molar-refractivity contribution in [3.05, 3.63) is 34.6 Å². The van der Waals surface area contributed by atoms with Crippen LogP contribution in [0.1, 0.15) is 23.2 Å². The van der Waals surface area contributed by atoms with Gasteiger partial charge in [0.2, 0.25) is 0 Å². The molecule has 80 valence electrons. The third-order valence-corrected chi connectivity index (χ3v) is 4.12. The molecule has 1 fully saturated rings. The zero-order valence-corrected chi connectivity index (χ0v) is 9.58. The van der Waals surface area contributed by atoms with Gasteiger partial charge in [0.15, 0.2) is 5.78 Å². The number of carbonyl (C=O) groups excluding carboxylic acids is 1. The summed E-state index contributed by atoms with van der Waals surface area (Å²) in [5.41, 5.74) is 0.316. The molecule has 0 N–H and O–H groups in total. The van der Waals surface area contributed by atoms with E-state index in [1.54, 1.807) is 11.8 Å². The van der Waals surface area contributed by atoms with Crippen molar-refractivity contribution in [2.24, 2.45) is 0 Å². The number of hydrogen-bond donors (Lipinski definition) is 0. The van der Waals surface area contributed by atoms with E-state index in [0.29, 0.717) is 10.6 Å². The maximum absolute atomic E-state index is 13.0. The molecule has 1 heterocycles. The van der Waals surface area contributed by atoms with E-state index in [0.717, 1.165) is 18.6 Å². The van der Waals surface area contributed by atoms with Crippen LogP contribution in [0.15, 0.2) is 18.2 Å². The fourth-order valence-electron chi connectivity index (χ4n) is 1.64. The molecule has 15 heavy (non-hydrogen) atoms. The summed E-state index contributed by atoms with van der Waals surface area (Å²) >= 11 is 7.50. The first kappa shape index (κ1) is 11.0. The second-order valence-corrected chi connectivity index (χ2v) is 5.21. The van der Waals surface area contributed by atoms with Gasteiger partial charge in [-0.1, -0.05) is 11.6 Å². The standard InChI is InChI=1S/C11H10ClFOS/c12-9-4-3-7(13)6-8(9)11(14)10-2-1-5-15-10/h3-4,6,10H,1-2,5H2. The van der Waals surface area contributed by atoms with Crippen molar-refractivity contribution >= 4 is 29.1 Å². The Bertz CT molecular complexity index is 388. The molecule has 0 amide bonds. The molecule has 1 nitrogen and oxygen atoms in total. The molecule has 0 bridgehead atoms. The normalized spacial score (nSPS) is 20.5. The summed E-state index contributed by atoms with van der Waals surface area (Å²) < 4.78 is 13.0. The Morgan fingerprint density at radius 3 is 3.00 bits per heavy atom. The van der Waals surface area contributed by atoms with E-state index in [1.807, 2.05) is 0 Å². The molecule has 0 saturated carbocycles. The molecule has 1 saturated heterocycles. The van der Waals surface area contributed by atoms with Gasteiger partial charge in [-0.2, -0.15) is 11.8 Å². The van der Waals surface area contributed by atoms with Gasteiger partial charge in [-0.3, -0.25) is 4.79 Å². The minimum atomic E-state index is -0.411. The minimum Gasteiger partial charge on any atom is -0.293 e. The number of halogens is 2. The summed E-state index contributed by atoms with van der Waals surface area (Å²) in [5.74, 6) is 0.552. The molecule has 1 aliphatic rings. The van der Waals surface area contributed by atoms with Crippen molar-refractivity contribution in [3.63, 3.8) is 0 Å². The Balaban J connectivity index is 2.27. The van der Waals surface area contributed by atoms with Crippen molar-refractivity contribution in [2.75, 3.05) is 5.75 Å². The van der Waals surface area contributed by atoms with Gasteiger partial charge < -0.3 is 0 Å². The molecule has 1 aromatic carbocycles. The zero-order valence-electron chi connectivity index (χ0n) is 8.00. The van der Waals surface area contributed by atoms with Crippen LogP contribution in [0.5, 0.6) is 0 Å². The first-order chi connectivity index (χ1) is 7.18. The van der Waals surface area contributed by atoms with Crippen LogP contribution in [0.3, 0.4) is 0 Å². The average Bonchev–Trinajstić information content (AvgIpc) is 2.74. The Hall–Kier alpha value is -0.540. The van der Waals surface area contributed by atoms with E-state index < -0.39 is 5.82 Å². The van der Waals surface area contributed by atoms with Crippen molar-refractivity contribution in [2.45, 2.75) is 18.1 Å². The van der Waals surface area contributed by atoms with Crippen LogP contribution in [-0.2, 0) is 0 Å². The van der Waals surface area contributed by atoms with E-state index in [-0.39, 0.29) is 11.0 Å². The fraction of sp³-hybridized carbons (Fsp3) is 0.364. The van der Waals surface area contributed by atoms with E-state index in [4.69, 9.17) is 11.6 Å². The first-order valence-electron chi connectivity index (χ1n) is 4.79. The van der Waals surface area contributed by atoms with Gasteiger partial charge in [-0.25, -0.2) is 4.39 Å². The van der Waals surface area contributed by atoms with Gasteiger partial charge in [0.1, 0.15) is 5.82 Å². The number of carbonyl (C=O) groups is 1. The molecule has 0 radical (unpaired) electrons. The van der Waals surface area contributed by atoms with Gasteiger partial charge in [0.05, 0.1) is 10.3 Å². The summed E-state index contributed by atoms with van der Waals surface area (Å²) in [6, 6.07) is 3.92. The predicted octanol–water partition coefficient (Wildman–Crippen LogP) is 3.56. The predicted molar refractivity (Wildman–Crippen MR) is 61.2 cm³/mol. The first-order valence-corrected chi connectivity index (χ1v) is 6.22. The van der Waals surface area contributed by atoms with Crippen LogP contribution in [0.2, 0.25) is 5.02 Å². The van der Waals surface area contributed by atoms with E-state index in [1.165, 1.54) is 18.2 Å². The largest absolute Gasteiger partial charge is 0.293 e. The highest BCUT2D eigenvalue weighted by Gasteiger charge is 2.26. The summed E-state index contributed by atoms with van der Waals surface area (Å²) in [4.78, 5) is 11.9. The number of ketones is 1. The Morgan fingerprint density at radius 2 is 2.33 bits per heavy atom. The van der Waals surface area contributed by atoms with E-state index in [2.05, 4.69) is 0 Å². The van der Waals surface area contributed by atoms with Crippen LogP contribution in [0.25, 0.3) is 0 Å². The van der Waals surface area contributed by atoms with Crippen LogP contribution in [0.4, 0.5) is 4.39 Å². The molecular formula is C11H10ClFOS. The molecule has 4 heteroatoms. The lowest BCUT2D eigenvalue weighted by Crippen LogP contribution is -2.14. The molecule has 1 atom stereocenters. The third-order valence-electron chi connectivity index (χ3n) is 2.42. The molecule has 2 rings (SSSR count). The Labute approximate surface area is 97.0 Å². The summed E-state index contributed by atoms with van der Waals surface area (Å²) in [6.07, 6.45) is 1.92. The van der Waals surface area contributed by atoms with Gasteiger partial charge >= 0.3 is 0 Å². The molecular weight excluding hydrogens is 235 g/mol. The highest BCUT2D eigenvalue weighted by Crippen LogP contribution is 2.31. The van der Waals surface area contributed by atoms with Crippen molar-refractivity contribution in [3.8, 4) is 0 Å². The maximum Gasteiger partial charge on any atom is 0.177 e. The summed E-state index contributed by atoms with van der Waals surface area (Å²) in [5, 5.41) is 0.304. The maximum atomic E-state index is 13.0. The fourth-order valence-corrected chi connectivity index (χ4v) is 3.08. The van der Waals surface area contributed by atoms with Crippen molar-refractivity contribution < 1.29 is 9.18 Å². The quantitative estimate of drug-likeness (QED) is 0.740. The SMILES string of the molecule is O=C(c1cc(F)ccc1Cl)C1CCCS1. The molecule has 0 spiro atoms. The van der Waals surface area contributed by atoms with E-state index in [9.17, 15) is 9.18 Å². The molecule has 0 aromatic heterocycles. The van der Waals surface area contributed by atoms with Crippen molar-refractivity contribution in [1.82, 2.24) is 0 Å². The summed E-state index contributed by atoms with van der Waals surface area (Å²) in [6.45, 7) is 0. The van der Waals surface area contributed by atoms with Crippen LogP contribution >= 0.6 is 23.4 Å².